The molecule has 2 saturated heterocycles. The Morgan fingerprint density at radius 2 is 1.92 bits per heavy atom. The molecule has 4 rings (SSSR count). The van der Waals surface area contributed by atoms with Crippen LogP contribution in [-0.4, -0.2) is 56.7 Å². The third-order valence-electron chi connectivity index (χ3n) is 7.35. The smallest absolute Gasteiger partial charge is 0.0549 e. The second-order valence-corrected chi connectivity index (χ2v) is 9.89. The SMILES string of the molecule is CN(C)C1(c2cccs2)CCC2(CCN(CC3CCOCC3)C2)CC1. The number of hydrogen-bond acceptors (Lipinski definition) is 4. The molecule has 1 aromatic heterocycles. The van der Waals surface area contributed by atoms with Crippen molar-refractivity contribution in [2.45, 2.75) is 50.5 Å². The maximum absolute atomic E-state index is 5.53. The number of ether oxygens (including phenoxy) is 1. The lowest BCUT2D eigenvalue weighted by Gasteiger charge is -2.48. The van der Waals surface area contributed by atoms with Gasteiger partial charge >= 0.3 is 0 Å². The van der Waals surface area contributed by atoms with Crippen LogP contribution in [0.2, 0.25) is 0 Å². The first-order valence-corrected chi connectivity index (χ1v) is 11.0. The Morgan fingerprint density at radius 3 is 2.56 bits per heavy atom. The molecule has 1 spiro atoms. The zero-order valence-corrected chi connectivity index (χ0v) is 16.8. The fourth-order valence-corrected chi connectivity index (χ4v) is 6.60. The van der Waals surface area contributed by atoms with Gasteiger partial charge in [-0.1, -0.05) is 6.07 Å². The quantitative estimate of drug-likeness (QED) is 0.798. The highest BCUT2D eigenvalue weighted by molar-refractivity contribution is 7.10. The molecule has 1 aromatic rings. The lowest BCUT2D eigenvalue weighted by atomic mass is 9.66. The summed E-state index contributed by atoms with van der Waals surface area (Å²) in [6.45, 7) is 5.95. The number of likely N-dealkylation sites (tertiary alicyclic amines) is 1. The summed E-state index contributed by atoms with van der Waals surface area (Å²) in [4.78, 5) is 6.86. The summed E-state index contributed by atoms with van der Waals surface area (Å²) in [5, 5.41) is 2.25. The number of thiophene rings is 1. The highest BCUT2D eigenvalue weighted by Crippen LogP contribution is 2.52. The van der Waals surface area contributed by atoms with Gasteiger partial charge in [0.25, 0.3) is 0 Å². The maximum atomic E-state index is 5.53. The van der Waals surface area contributed by atoms with E-state index in [4.69, 9.17) is 4.74 Å². The minimum Gasteiger partial charge on any atom is -0.381 e. The summed E-state index contributed by atoms with van der Waals surface area (Å²) in [5.74, 6) is 0.875. The van der Waals surface area contributed by atoms with Crippen LogP contribution in [0.25, 0.3) is 0 Å². The van der Waals surface area contributed by atoms with Crippen LogP contribution in [0.5, 0.6) is 0 Å². The third-order valence-corrected chi connectivity index (χ3v) is 8.41. The fraction of sp³-hybridized carbons (Fsp3) is 0.810. The average molecular weight is 363 g/mol. The Kier molecular flexibility index (Phi) is 5.25. The molecule has 0 amide bonds. The Balaban J connectivity index is 1.38. The molecule has 0 N–H and O–H groups in total. The van der Waals surface area contributed by atoms with Crippen LogP contribution in [0, 0.1) is 11.3 Å². The van der Waals surface area contributed by atoms with Gasteiger partial charge in [0.15, 0.2) is 0 Å². The molecule has 4 heteroatoms. The molecule has 0 bridgehead atoms. The van der Waals surface area contributed by atoms with Crippen molar-refractivity contribution in [3.05, 3.63) is 22.4 Å². The summed E-state index contributed by atoms with van der Waals surface area (Å²) in [6, 6.07) is 4.58. The number of rotatable bonds is 4. The van der Waals surface area contributed by atoms with Crippen molar-refractivity contribution in [2.24, 2.45) is 11.3 Å². The fourth-order valence-electron chi connectivity index (χ4n) is 5.54. The van der Waals surface area contributed by atoms with Gasteiger partial charge in [0.05, 0.1) is 5.54 Å². The molecule has 1 aliphatic carbocycles. The van der Waals surface area contributed by atoms with Gasteiger partial charge in [0.1, 0.15) is 0 Å². The molecule has 3 aliphatic rings. The van der Waals surface area contributed by atoms with E-state index in [1.54, 1.807) is 4.88 Å². The maximum Gasteiger partial charge on any atom is 0.0549 e. The Labute approximate surface area is 157 Å². The van der Waals surface area contributed by atoms with E-state index in [0.717, 1.165) is 19.1 Å². The van der Waals surface area contributed by atoms with Crippen LogP contribution in [-0.2, 0) is 10.3 Å². The van der Waals surface area contributed by atoms with E-state index in [9.17, 15) is 0 Å². The molecule has 0 unspecified atom stereocenters. The first-order chi connectivity index (χ1) is 12.1. The van der Waals surface area contributed by atoms with E-state index in [1.807, 2.05) is 11.3 Å². The van der Waals surface area contributed by atoms with Crippen molar-refractivity contribution in [3.8, 4) is 0 Å². The third kappa shape index (κ3) is 3.55. The Bertz CT molecular complexity index is 542. The van der Waals surface area contributed by atoms with E-state index < -0.39 is 0 Å². The minimum absolute atomic E-state index is 0.285. The van der Waals surface area contributed by atoms with Crippen molar-refractivity contribution >= 4 is 11.3 Å². The second-order valence-electron chi connectivity index (χ2n) is 8.94. The lowest BCUT2D eigenvalue weighted by molar-refractivity contribution is 0.0343. The normalized spacial score (nSPS) is 35.0. The molecule has 1 saturated carbocycles. The van der Waals surface area contributed by atoms with E-state index in [-0.39, 0.29) is 5.54 Å². The standard InChI is InChI=1S/C21H34N2OS/c1-22(2)21(19-4-3-15-25-19)9-7-20(8-10-21)11-12-23(17-20)16-18-5-13-24-14-6-18/h3-4,15,18H,5-14,16-17H2,1-2H3. The van der Waals surface area contributed by atoms with Gasteiger partial charge in [0.2, 0.25) is 0 Å². The van der Waals surface area contributed by atoms with Crippen LogP contribution in [0.3, 0.4) is 0 Å². The van der Waals surface area contributed by atoms with Crippen molar-refractivity contribution < 1.29 is 4.74 Å². The molecule has 140 valence electrons. The summed E-state index contributed by atoms with van der Waals surface area (Å²) in [6.07, 6.45) is 9.40. The van der Waals surface area contributed by atoms with E-state index >= 15 is 0 Å². The van der Waals surface area contributed by atoms with E-state index in [0.29, 0.717) is 5.41 Å². The number of nitrogens with zero attached hydrogens (tertiary/aromatic N) is 2. The molecule has 3 fully saturated rings. The molecule has 2 aliphatic heterocycles. The van der Waals surface area contributed by atoms with Crippen molar-refractivity contribution in [2.75, 3.05) is 46.9 Å². The predicted molar refractivity (Wildman–Crippen MR) is 105 cm³/mol. The van der Waals surface area contributed by atoms with E-state index in [1.165, 1.54) is 64.6 Å². The molecule has 0 aromatic carbocycles. The van der Waals surface area contributed by atoms with Gasteiger partial charge in [-0.05, 0) is 88.4 Å². The lowest BCUT2D eigenvalue weighted by Crippen LogP contribution is -2.47. The monoisotopic (exact) mass is 362 g/mol. The summed E-state index contributed by atoms with van der Waals surface area (Å²) < 4.78 is 5.53. The summed E-state index contributed by atoms with van der Waals surface area (Å²) in [5.41, 5.74) is 0.884. The van der Waals surface area contributed by atoms with Crippen LogP contribution < -0.4 is 0 Å². The van der Waals surface area contributed by atoms with Gasteiger partial charge in [-0.3, -0.25) is 4.90 Å². The molecular formula is C21H34N2OS. The number of hydrogen-bond donors (Lipinski definition) is 0. The predicted octanol–water partition coefficient (Wildman–Crippen LogP) is 4.20. The van der Waals surface area contributed by atoms with Crippen molar-refractivity contribution in [1.29, 1.82) is 0 Å². The highest BCUT2D eigenvalue weighted by atomic mass is 32.1. The van der Waals surface area contributed by atoms with Gasteiger partial charge < -0.3 is 9.64 Å². The Hall–Kier alpha value is -0.420. The highest BCUT2D eigenvalue weighted by Gasteiger charge is 2.48. The largest absolute Gasteiger partial charge is 0.381 e. The van der Waals surface area contributed by atoms with Crippen LogP contribution in [0.4, 0.5) is 0 Å². The molecule has 3 nitrogen and oxygen atoms in total. The van der Waals surface area contributed by atoms with Gasteiger partial charge in [0, 0.05) is 31.2 Å². The van der Waals surface area contributed by atoms with Crippen molar-refractivity contribution in [3.63, 3.8) is 0 Å². The first-order valence-electron chi connectivity index (χ1n) is 10.1. The first kappa shape index (κ1) is 18.0. The zero-order chi connectivity index (χ0) is 17.3. The van der Waals surface area contributed by atoms with Crippen LogP contribution in [0.15, 0.2) is 17.5 Å². The minimum atomic E-state index is 0.285. The molecular weight excluding hydrogens is 328 g/mol. The van der Waals surface area contributed by atoms with Crippen LogP contribution in [0.1, 0.15) is 49.8 Å². The van der Waals surface area contributed by atoms with Crippen molar-refractivity contribution in [1.82, 2.24) is 9.80 Å². The topological polar surface area (TPSA) is 15.7 Å². The van der Waals surface area contributed by atoms with Crippen LogP contribution >= 0.6 is 11.3 Å². The zero-order valence-electron chi connectivity index (χ0n) is 16.0. The molecule has 25 heavy (non-hydrogen) atoms. The summed E-state index contributed by atoms with van der Waals surface area (Å²) in [7, 11) is 4.56. The molecule has 3 heterocycles. The van der Waals surface area contributed by atoms with Gasteiger partial charge in [-0.25, -0.2) is 0 Å². The van der Waals surface area contributed by atoms with E-state index in [2.05, 4.69) is 41.4 Å². The average Bonchev–Trinajstić information content (AvgIpc) is 3.28. The summed E-state index contributed by atoms with van der Waals surface area (Å²) >= 11 is 1.95. The van der Waals surface area contributed by atoms with Gasteiger partial charge in [-0.2, -0.15) is 0 Å². The molecule has 0 radical (unpaired) electrons. The second kappa shape index (κ2) is 7.30. The Morgan fingerprint density at radius 1 is 1.16 bits per heavy atom. The molecule has 0 atom stereocenters. The van der Waals surface area contributed by atoms with Gasteiger partial charge in [-0.15, -0.1) is 11.3 Å².